The van der Waals surface area contributed by atoms with Crippen LogP contribution in [-0.4, -0.2) is 33.8 Å². The minimum Gasteiger partial charge on any atom is -0.496 e. The maximum atomic E-state index is 10.4. The molecule has 0 heterocycles. The van der Waals surface area contributed by atoms with Crippen LogP contribution in [0.1, 0.15) is 17.5 Å². The second kappa shape index (κ2) is 6.74. The van der Waals surface area contributed by atoms with Crippen LogP contribution in [0.25, 0.3) is 0 Å². The third-order valence-electron chi connectivity index (χ3n) is 2.62. The summed E-state index contributed by atoms with van der Waals surface area (Å²) in [4.78, 5) is 0. The summed E-state index contributed by atoms with van der Waals surface area (Å²) in [6, 6.07) is 3.71. The van der Waals surface area contributed by atoms with Crippen molar-refractivity contribution in [1.29, 1.82) is 0 Å². The van der Waals surface area contributed by atoms with Gasteiger partial charge in [0.2, 0.25) is 0 Å². The van der Waals surface area contributed by atoms with Gasteiger partial charge in [-0.1, -0.05) is 0 Å². The fourth-order valence-corrected chi connectivity index (χ4v) is 2.06. The molecule has 19 heavy (non-hydrogen) atoms. The molecule has 0 aromatic heterocycles. The minimum absolute atomic E-state index is 0.0851. The molecule has 0 atom stereocenters. The van der Waals surface area contributed by atoms with Crippen LogP contribution in [0.2, 0.25) is 0 Å². The van der Waals surface area contributed by atoms with Crippen LogP contribution in [0.15, 0.2) is 12.1 Å². The summed E-state index contributed by atoms with van der Waals surface area (Å²) in [6.45, 7) is 1.82. The van der Waals surface area contributed by atoms with Gasteiger partial charge in [0.1, 0.15) is 11.5 Å². The molecule has 0 radical (unpaired) electrons. The molecule has 0 aliphatic rings. The Morgan fingerprint density at radius 1 is 1.16 bits per heavy atom. The van der Waals surface area contributed by atoms with Gasteiger partial charge in [0.25, 0.3) is 0 Å². The predicted molar refractivity (Wildman–Crippen MR) is 70.1 cm³/mol. The lowest BCUT2D eigenvalue weighted by Gasteiger charge is -2.12. The van der Waals surface area contributed by atoms with Gasteiger partial charge in [-0.15, -0.1) is 0 Å². The molecule has 7 heteroatoms. The summed E-state index contributed by atoms with van der Waals surface area (Å²) in [5.74, 6) is 1.46. The van der Waals surface area contributed by atoms with Crippen molar-refractivity contribution >= 4 is 10.4 Å². The van der Waals surface area contributed by atoms with E-state index in [1.165, 1.54) is 0 Å². The van der Waals surface area contributed by atoms with Crippen molar-refractivity contribution in [2.75, 3.05) is 20.8 Å². The number of rotatable bonds is 7. The lowest BCUT2D eigenvalue weighted by molar-refractivity contribution is 0.264. The van der Waals surface area contributed by atoms with Gasteiger partial charge in [0.15, 0.2) is 0 Å². The fourth-order valence-electron chi connectivity index (χ4n) is 1.74. The first kappa shape index (κ1) is 15.7. The molecule has 0 aliphatic carbocycles. The van der Waals surface area contributed by atoms with Crippen LogP contribution in [0, 0.1) is 6.92 Å². The molecule has 1 aromatic rings. The number of hydrogen-bond acceptors (Lipinski definition) is 5. The maximum absolute atomic E-state index is 10.4. The van der Waals surface area contributed by atoms with E-state index in [-0.39, 0.29) is 6.61 Å². The Bertz CT molecular complexity index is 523. The predicted octanol–water partition coefficient (Wildman–Crippen LogP) is 1.76. The first-order chi connectivity index (χ1) is 8.87. The Morgan fingerprint density at radius 2 is 1.79 bits per heavy atom. The van der Waals surface area contributed by atoms with Crippen LogP contribution in [0.4, 0.5) is 0 Å². The van der Waals surface area contributed by atoms with Crippen molar-refractivity contribution in [2.45, 2.75) is 19.8 Å². The standard InChI is InChI=1S/C12H18O6S/c1-9-7-12(17-3)10(8-11(9)16-2)5-4-6-18-19(13,14)15/h7-8H,4-6H2,1-3H3,(H,13,14,15). The van der Waals surface area contributed by atoms with Crippen LogP contribution in [-0.2, 0) is 21.0 Å². The van der Waals surface area contributed by atoms with E-state index in [4.69, 9.17) is 14.0 Å². The molecular formula is C12H18O6S. The van der Waals surface area contributed by atoms with Crippen molar-refractivity contribution in [1.82, 2.24) is 0 Å². The molecule has 1 N–H and O–H groups in total. The lowest BCUT2D eigenvalue weighted by atomic mass is 10.1. The first-order valence-corrected chi connectivity index (χ1v) is 7.07. The summed E-state index contributed by atoms with van der Waals surface area (Å²) >= 11 is 0. The van der Waals surface area contributed by atoms with Gasteiger partial charge in [0.05, 0.1) is 20.8 Å². The Hall–Kier alpha value is -1.31. The van der Waals surface area contributed by atoms with Crippen molar-refractivity contribution in [3.63, 3.8) is 0 Å². The average molecular weight is 290 g/mol. The number of ether oxygens (including phenoxy) is 2. The number of hydrogen-bond donors (Lipinski definition) is 1. The Labute approximate surface area is 113 Å². The van der Waals surface area contributed by atoms with Gasteiger partial charge in [0, 0.05) is 0 Å². The summed E-state index contributed by atoms with van der Waals surface area (Å²) in [5, 5.41) is 0. The van der Waals surface area contributed by atoms with Crippen molar-refractivity contribution in [2.24, 2.45) is 0 Å². The Kier molecular flexibility index (Phi) is 5.59. The van der Waals surface area contributed by atoms with Gasteiger partial charge in [-0.25, -0.2) is 4.18 Å². The van der Waals surface area contributed by atoms with E-state index in [1.807, 2.05) is 19.1 Å². The van der Waals surface area contributed by atoms with E-state index in [9.17, 15) is 8.42 Å². The summed E-state index contributed by atoms with van der Waals surface area (Å²) < 4.78 is 44.0. The normalized spacial score (nSPS) is 11.4. The molecular weight excluding hydrogens is 272 g/mol. The highest BCUT2D eigenvalue weighted by Crippen LogP contribution is 2.29. The van der Waals surface area contributed by atoms with Crippen LogP contribution in [0.5, 0.6) is 11.5 Å². The number of aryl methyl sites for hydroxylation is 2. The van der Waals surface area contributed by atoms with Gasteiger partial charge in [-0.05, 0) is 43.0 Å². The molecule has 0 aliphatic heterocycles. The maximum Gasteiger partial charge on any atom is 0.397 e. The summed E-state index contributed by atoms with van der Waals surface area (Å²) in [6.07, 6.45) is 0.984. The monoisotopic (exact) mass is 290 g/mol. The molecule has 0 saturated heterocycles. The molecule has 0 unspecified atom stereocenters. The highest BCUT2D eigenvalue weighted by Gasteiger charge is 2.09. The van der Waals surface area contributed by atoms with Gasteiger partial charge in [-0.2, -0.15) is 8.42 Å². The van der Waals surface area contributed by atoms with E-state index in [2.05, 4.69) is 4.18 Å². The SMILES string of the molecule is COc1cc(CCCOS(=O)(=O)O)c(OC)cc1C. The fraction of sp³-hybridized carbons (Fsp3) is 0.500. The summed E-state index contributed by atoms with van der Waals surface area (Å²) in [7, 11) is -1.22. The van der Waals surface area contributed by atoms with E-state index in [1.54, 1.807) is 14.2 Å². The van der Waals surface area contributed by atoms with Crippen molar-refractivity contribution < 1.29 is 26.6 Å². The molecule has 6 nitrogen and oxygen atoms in total. The average Bonchev–Trinajstić information content (AvgIpc) is 2.34. The minimum atomic E-state index is -4.37. The van der Waals surface area contributed by atoms with E-state index >= 15 is 0 Å². The van der Waals surface area contributed by atoms with Gasteiger partial charge in [-0.3, -0.25) is 4.55 Å². The van der Waals surface area contributed by atoms with Crippen molar-refractivity contribution in [3.05, 3.63) is 23.3 Å². The molecule has 0 fully saturated rings. The lowest BCUT2D eigenvalue weighted by Crippen LogP contribution is -2.06. The topological polar surface area (TPSA) is 82.1 Å². The highest BCUT2D eigenvalue weighted by atomic mass is 32.3. The molecule has 0 amide bonds. The molecule has 108 valence electrons. The quantitative estimate of drug-likeness (QED) is 0.608. The second-order valence-corrected chi connectivity index (χ2v) is 5.08. The summed E-state index contributed by atoms with van der Waals surface area (Å²) in [5.41, 5.74) is 1.85. The third kappa shape index (κ3) is 5.06. The van der Waals surface area contributed by atoms with E-state index in [0.717, 1.165) is 16.9 Å². The highest BCUT2D eigenvalue weighted by molar-refractivity contribution is 7.80. The van der Waals surface area contributed by atoms with Crippen LogP contribution >= 0.6 is 0 Å². The first-order valence-electron chi connectivity index (χ1n) is 5.70. The third-order valence-corrected chi connectivity index (χ3v) is 3.09. The van der Waals surface area contributed by atoms with Gasteiger partial charge < -0.3 is 9.47 Å². The zero-order valence-corrected chi connectivity index (χ0v) is 12.0. The largest absolute Gasteiger partial charge is 0.496 e. The van der Waals surface area contributed by atoms with Crippen LogP contribution in [0.3, 0.4) is 0 Å². The molecule has 0 spiro atoms. The second-order valence-electron chi connectivity index (χ2n) is 3.99. The van der Waals surface area contributed by atoms with Gasteiger partial charge >= 0.3 is 10.4 Å². The zero-order valence-electron chi connectivity index (χ0n) is 11.2. The molecule has 0 saturated carbocycles. The molecule has 0 bridgehead atoms. The van der Waals surface area contributed by atoms with Crippen molar-refractivity contribution in [3.8, 4) is 11.5 Å². The number of benzene rings is 1. The molecule has 1 aromatic carbocycles. The number of methoxy groups -OCH3 is 2. The van der Waals surface area contributed by atoms with E-state index in [0.29, 0.717) is 18.6 Å². The molecule has 1 rings (SSSR count). The Morgan fingerprint density at radius 3 is 2.32 bits per heavy atom. The van der Waals surface area contributed by atoms with Crippen LogP contribution < -0.4 is 9.47 Å². The van der Waals surface area contributed by atoms with E-state index < -0.39 is 10.4 Å². The zero-order chi connectivity index (χ0) is 14.5. The Balaban J connectivity index is 2.71. The smallest absolute Gasteiger partial charge is 0.397 e.